The minimum atomic E-state index is -1.05. The summed E-state index contributed by atoms with van der Waals surface area (Å²) < 4.78 is 19.5. The van der Waals surface area contributed by atoms with Gasteiger partial charge in [0.2, 0.25) is 0 Å². The van der Waals surface area contributed by atoms with E-state index in [0.29, 0.717) is 6.07 Å². The number of rotatable bonds is 6. The van der Waals surface area contributed by atoms with Gasteiger partial charge in [0.25, 0.3) is 11.6 Å². The first-order valence-corrected chi connectivity index (χ1v) is 8.58. The van der Waals surface area contributed by atoms with Crippen LogP contribution in [0.2, 0.25) is 0 Å². The molecule has 2 rings (SSSR count). The van der Waals surface area contributed by atoms with Gasteiger partial charge in [-0.1, -0.05) is 30.3 Å². The Morgan fingerprint density at radius 1 is 1.18 bits per heavy atom. The summed E-state index contributed by atoms with van der Waals surface area (Å²) in [7, 11) is 0. The molecule has 1 unspecified atom stereocenters. The molecule has 0 aliphatic heterocycles. The molecule has 0 aliphatic carbocycles. The van der Waals surface area contributed by atoms with E-state index in [-0.39, 0.29) is 6.42 Å². The highest BCUT2D eigenvalue weighted by atomic mass is 19.1. The number of benzene rings is 2. The third-order valence-electron chi connectivity index (χ3n) is 3.69. The second-order valence-corrected chi connectivity index (χ2v) is 7.17. The average Bonchev–Trinajstić information content (AvgIpc) is 2.60. The lowest BCUT2D eigenvalue weighted by atomic mass is 10.0. The molecule has 0 heterocycles. The molecular formula is C20H21FN2O5. The Morgan fingerprint density at radius 2 is 1.82 bits per heavy atom. The van der Waals surface area contributed by atoms with Gasteiger partial charge in [-0.3, -0.25) is 14.9 Å². The third-order valence-corrected chi connectivity index (χ3v) is 3.69. The molecule has 0 bridgehead atoms. The van der Waals surface area contributed by atoms with E-state index in [2.05, 4.69) is 5.32 Å². The maximum atomic E-state index is 14.1. The molecule has 0 saturated carbocycles. The number of carbonyl (C=O) groups is 2. The van der Waals surface area contributed by atoms with Crippen molar-refractivity contribution in [3.63, 3.8) is 0 Å². The first-order valence-electron chi connectivity index (χ1n) is 8.58. The molecule has 8 heteroatoms. The lowest BCUT2D eigenvalue weighted by Crippen LogP contribution is -2.45. The minimum absolute atomic E-state index is 0.149. The number of hydrogen-bond donors (Lipinski definition) is 1. The van der Waals surface area contributed by atoms with Crippen LogP contribution in [0.4, 0.5) is 10.1 Å². The first kappa shape index (κ1) is 21.0. The Hall–Kier alpha value is -3.29. The van der Waals surface area contributed by atoms with E-state index < -0.39 is 45.5 Å². The van der Waals surface area contributed by atoms with E-state index in [0.717, 1.165) is 17.7 Å². The van der Waals surface area contributed by atoms with Gasteiger partial charge in [-0.15, -0.1) is 0 Å². The number of nitro groups is 1. The first-order chi connectivity index (χ1) is 13.1. The fourth-order valence-corrected chi connectivity index (χ4v) is 2.45. The highest BCUT2D eigenvalue weighted by Gasteiger charge is 2.28. The van der Waals surface area contributed by atoms with Gasteiger partial charge >= 0.3 is 5.97 Å². The number of hydrogen-bond acceptors (Lipinski definition) is 5. The molecule has 148 valence electrons. The van der Waals surface area contributed by atoms with E-state index >= 15 is 0 Å². The number of nitrogens with one attached hydrogen (secondary N) is 1. The SMILES string of the molecule is CC(C)(C)OC(=O)C(Cc1ccccc1)NC(=O)c1ccc([N+](=O)[O-])cc1F. The molecule has 1 atom stereocenters. The largest absolute Gasteiger partial charge is 0.458 e. The molecule has 1 amide bonds. The number of esters is 1. The lowest BCUT2D eigenvalue weighted by molar-refractivity contribution is -0.385. The monoisotopic (exact) mass is 388 g/mol. The average molecular weight is 388 g/mol. The summed E-state index contributed by atoms with van der Waals surface area (Å²) in [5.41, 5.74) is -0.855. The molecule has 0 aliphatic rings. The van der Waals surface area contributed by atoms with Gasteiger partial charge in [-0.05, 0) is 32.4 Å². The van der Waals surface area contributed by atoms with Crippen LogP contribution in [0.1, 0.15) is 36.7 Å². The smallest absolute Gasteiger partial charge is 0.329 e. The zero-order chi connectivity index (χ0) is 20.9. The lowest BCUT2D eigenvalue weighted by Gasteiger charge is -2.24. The predicted octanol–water partition coefficient (Wildman–Crippen LogP) is 3.42. The van der Waals surface area contributed by atoms with Crippen LogP contribution in [-0.4, -0.2) is 28.4 Å². The van der Waals surface area contributed by atoms with Crippen LogP contribution in [0.15, 0.2) is 48.5 Å². The van der Waals surface area contributed by atoms with E-state index in [9.17, 15) is 24.1 Å². The molecule has 0 saturated heterocycles. The van der Waals surface area contributed by atoms with Gasteiger partial charge in [-0.25, -0.2) is 9.18 Å². The van der Waals surface area contributed by atoms with Gasteiger partial charge in [0.05, 0.1) is 16.6 Å². The molecule has 7 nitrogen and oxygen atoms in total. The number of halogens is 1. The summed E-state index contributed by atoms with van der Waals surface area (Å²) in [6.45, 7) is 5.09. The number of amides is 1. The fourth-order valence-electron chi connectivity index (χ4n) is 2.45. The Bertz CT molecular complexity index is 878. The topological polar surface area (TPSA) is 98.5 Å². The van der Waals surface area contributed by atoms with Gasteiger partial charge in [0.1, 0.15) is 17.5 Å². The standard InChI is InChI=1S/C20H21FN2O5/c1-20(2,3)28-19(25)17(11-13-7-5-4-6-8-13)22-18(24)15-10-9-14(23(26)27)12-16(15)21/h4-10,12,17H,11H2,1-3H3,(H,22,24). The molecule has 2 aromatic carbocycles. The second kappa shape index (κ2) is 8.60. The maximum Gasteiger partial charge on any atom is 0.329 e. The number of nitro benzene ring substituents is 1. The number of nitrogens with zero attached hydrogens (tertiary/aromatic N) is 1. The Labute approximate surface area is 161 Å². The molecule has 0 aromatic heterocycles. The molecule has 0 fully saturated rings. The van der Waals surface area contributed by atoms with Gasteiger partial charge < -0.3 is 10.1 Å². The van der Waals surface area contributed by atoms with Gasteiger partial charge in [0.15, 0.2) is 0 Å². The van der Waals surface area contributed by atoms with Crippen LogP contribution in [-0.2, 0) is 16.0 Å². The summed E-state index contributed by atoms with van der Waals surface area (Å²) in [5, 5.41) is 13.2. The zero-order valence-corrected chi connectivity index (χ0v) is 15.8. The van der Waals surface area contributed by atoms with Crippen molar-refractivity contribution in [1.82, 2.24) is 5.32 Å². The highest BCUT2D eigenvalue weighted by Crippen LogP contribution is 2.17. The van der Waals surface area contributed by atoms with Crippen molar-refractivity contribution in [2.24, 2.45) is 0 Å². The fraction of sp³-hybridized carbons (Fsp3) is 0.300. The zero-order valence-electron chi connectivity index (χ0n) is 15.8. The van der Waals surface area contributed by atoms with Crippen molar-refractivity contribution in [3.8, 4) is 0 Å². The van der Waals surface area contributed by atoms with Crippen LogP contribution in [0.25, 0.3) is 0 Å². The third kappa shape index (κ3) is 5.87. The van der Waals surface area contributed by atoms with Crippen LogP contribution in [0.5, 0.6) is 0 Å². The van der Waals surface area contributed by atoms with E-state index in [4.69, 9.17) is 4.74 Å². The molecule has 1 N–H and O–H groups in total. The molecule has 0 spiro atoms. The van der Waals surface area contributed by atoms with Gasteiger partial charge in [0, 0.05) is 12.5 Å². The highest BCUT2D eigenvalue weighted by molar-refractivity contribution is 5.97. The van der Waals surface area contributed by atoms with Crippen molar-refractivity contribution in [3.05, 3.63) is 75.6 Å². The van der Waals surface area contributed by atoms with Crippen LogP contribution >= 0.6 is 0 Å². The Kier molecular flexibility index (Phi) is 6.45. The van der Waals surface area contributed by atoms with Crippen LogP contribution in [0.3, 0.4) is 0 Å². The normalized spacial score (nSPS) is 12.1. The predicted molar refractivity (Wildman–Crippen MR) is 100 cm³/mol. The number of carbonyl (C=O) groups excluding carboxylic acids is 2. The quantitative estimate of drug-likeness (QED) is 0.464. The molecular weight excluding hydrogens is 367 g/mol. The Morgan fingerprint density at radius 3 is 2.36 bits per heavy atom. The van der Waals surface area contributed by atoms with Crippen molar-refractivity contribution in [2.75, 3.05) is 0 Å². The summed E-state index contributed by atoms with van der Waals surface area (Å²) in [6.07, 6.45) is 0.149. The van der Waals surface area contributed by atoms with E-state index in [1.54, 1.807) is 45.0 Å². The maximum absolute atomic E-state index is 14.1. The van der Waals surface area contributed by atoms with Crippen LogP contribution < -0.4 is 5.32 Å². The summed E-state index contributed by atoms with van der Waals surface area (Å²) >= 11 is 0. The second-order valence-electron chi connectivity index (χ2n) is 7.17. The number of ether oxygens (including phenoxy) is 1. The van der Waals surface area contributed by atoms with E-state index in [1.807, 2.05) is 6.07 Å². The van der Waals surface area contributed by atoms with Gasteiger partial charge in [-0.2, -0.15) is 0 Å². The van der Waals surface area contributed by atoms with Crippen molar-refractivity contribution in [2.45, 2.75) is 38.8 Å². The van der Waals surface area contributed by atoms with Crippen LogP contribution in [0, 0.1) is 15.9 Å². The minimum Gasteiger partial charge on any atom is -0.458 e. The van der Waals surface area contributed by atoms with E-state index in [1.165, 1.54) is 0 Å². The summed E-state index contributed by atoms with van der Waals surface area (Å²) in [4.78, 5) is 35.0. The summed E-state index contributed by atoms with van der Waals surface area (Å²) in [6, 6.07) is 10.6. The van der Waals surface area contributed by atoms with Crippen molar-refractivity contribution < 1.29 is 23.6 Å². The Balaban J connectivity index is 2.24. The molecule has 2 aromatic rings. The number of non-ortho nitro benzene ring substituents is 1. The van der Waals surface area contributed by atoms with Crippen molar-refractivity contribution in [1.29, 1.82) is 0 Å². The summed E-state index contributed by atoms with van der Waals surface area (Å²) in [5.74, 6) is -2.57. The van der Waals surface area contributed by atoms with Crippen molar-refractivity contribution >= 4 is 17.6 Å². The molecule has 28 heavy (non-hydrogen) atoms. The molecule has 0 radical (unpaired) electrons.